The first-order valence-electron chi connectivity index (χ1n) is 8.43. The molecule has 2 aliphatic rings. The van der Waals surface area contributed by atoms with Crippen molar-refractivity contribution in [2.24, 2.45) is 5.92 Å². The number of nitrogens with zero attached hydrogens (tertiary/aromatic N) is 3. The van der Waals surface area contributed by atoms with Crippen molar-refractivity contribution in [2.75, 3.05) is 13.1 Å². The van der Waals surface area contributed by atoms with Gasteiger partial charge in [-0.15, -0.1) is 0 Å². The molecule has 2 aliphatic heterocycles. The van der Waals surface area contributed by atoms with Crippen LogP contribution in [0.1, 0.15) is 36.0 Å². The van der Waals surface area contributed by atoms with Gasteiger partial charge in [-0.25, -0.2) is 9.97 Å². The highest BCUT2D eigenvalue weighted by molar-refractivity contribution is 7.07. The summed E-state index contributed by atoms with van der Waals surface area (Å²) >= 11 is 1.64. The molecule has 0 aromatic carbocycles. The Morgan fingerprint density at radius 1 is 1.46 bits per heavy atom. The Morgan fingerprint density at radius 2 is 2.38 bits per heavy atom. The zero-order valence-corrected chi connectivity index (χ0v) is 14.5. The fourth-order valence-electron chi connectivity index (χ4n) is 3.68. The van der Waals surface area contributed by atoms with E-state index in [0.717, 1.165) is 36.5 Å². The number of rotatable bonds is 3. The fraction of sp³-hybridized carbons (Fsp3) is 0.500. The van der Waals surface area contributed by atoms with Gasteiger partial charge in [0.2, 0.25) is 5.91 Å². The molecular weight excluding hydrogens is 322 g/mol. The summed E-state index contributed by atoms with van der Waals surface area (Å²) in [5.41, 5.74) is 2.07. The van der Waals surface area contributed by atoms with E-state index >= 15 is 0 Å². The van der Waals surface area contributed by atoms with Crippen molar-refractivity contribution in [1.29, 1.82) is 0 Å². The van der Waals surface area contributed by atoms with E-state index in [1.807, 2.05) is 34.7 Å². The normalized spacial score (nSPS) is 26.4. The van der Waals surface area contributed by atoms with Gasteiger partial charge in [0.15, 0.2) is 0 Å². The maximum absolute atomic E-state index is 12.5. The Labute approximate surface area is 145 Å². The molecule has 0 spiro atoms. The molecule has 0 saturated carbocycles. The molecule has 0 N–H and O–H groups in total. The Kier molecular flexibility index (Phi) is 4.33. The van der Waals surface area contributed by atoms with Crippen LogP contribution in [0, 0.1) is 12.8 Å². The van der Waals surface area contributed by atoms with Crippen molar-refractivity contribution in [3.63, 3.8) is 0 Å². The summed E-state index contributed by atoms with van der Waals surface area (Å²) in [6, 6.07) is 3.96. The number of ether oxygens (including phenoxy) is 1. The summed E-state index contributed by atoms with van der Waals surface area (Å²) in [5, 5.41) is 4.06. The van der Waals surface area contributed by atoms with Gasteiger partial charge in [0, 0.05) is 19.3 Å². The second kappa shape index (κ2) is 6.61. The third-order valence-corrected chi connectivity index (χ3v) is 5.70. The lowest BCUT2D eigenvalue weighted by molar-refractivity contribution is -0.134. The van der Waals surface area contributed by atoms with E-state index in [2.05, 4.69) is 9.97 Å². The molecule has 4 heterocycles. The van der Waals surface area contributed by atoms with Gasteiger partial charge < -0.3 is 9.64 Å². The molecule has 0 bridgehead atoms. The molecular formula is C18H21N3O2S. The number of amides is 1. The van der Waals surface area contributed by atoms with Crippen LogP contribution >= 0.6 is 11.3 Å². The average Bonchev–Trinajstić information content (AvgIpc) is 3.23. The lowest BCUT2D eigenvalue weighted by atomic mass is 9.91. The summed E-state index contributed by atoms with van der Waals surface area (Å²) in [6.07, 6.45) is 4.46. The number of aromatic nitrogens is 2. The van der Waals surface area contributed by atoms with Crippen LogP contribution in [0.3, 0.4) is 0 Å². The molecule has 6 heteroatoms. The molecule has 0 unspecified atom stereocenters. The Balaban J connectivity index is 1.39. The van der Waals surface area contributed by atoms with E-state index in [1.54, 1.807) is 17.5 Å². The predicted molar refractivity (Wildman–Crippen MR) is 91.7 cm³/mol. The van der Waals surface area contributed by atoms with Gasteiger partial charge in [0.05, 0.1) is 18.2 Å². The lowest BCUT2D eigenvalue weighted by Gasteiger charge is -2.34. The summed E-state index contributed by atoms with van der Waals surface area (Å²) in [7, 11) is 0. The van der Waals surface area contributed by atoms with Crippen LogP contribution in [0.25, 0.3) is 0 Å². The van der Waals surface area contributed by atoms with Crippen LogP contribution in [-0.2, 0) is 16.0 Å². The highest BCUT2D eigenvalue weighted by Gasteiger charge is 2.41. The number of carbonyl (C=O) groups is 1. The van der Waals surface area contributed by atoms with E-state index < -0.39 is 0 Å². The minimum Gasteiger partial charge on any atom is -0.367 e. The van der Waals surface area contributed by atoms with Crippen molar-refractivity contribution in [3.8, 4) is 0 Å². The van der Waals surface area contributed by atoms with Crippen molar-refractivity contribution in [1.82, 2.24) is 14.9 Å². The van der Waals surface area contributed by atoms with E-state index in [4.69, 9.17) is 4.74 Å². The van der Waals surface area contributed by atoms with Crippen molar-refractivity contribution >= 4 is 17.2 Å². The molecule has 2 saturated heterocycles. The van der Waals surface area contributed by atoms with Gasteiger partial charge in [-0.3, -0.25) is 4.79 Å². The summed E-state index contributed by atoms with van der Waals surface area (Å²) in [4.78, 5) is 23.1. The number of likely N-dealkylation sites (tertiary alicyclic amines) is 1. The van der Waals surface area contributed by atoms with Crippen LogP contribution in [0.4, 0.5) is 0 Å². The fourth-order valence-corrected chi connectivity index (χ4v) is 4.35. The number of aryl methyl sites for hydroxylation is 1. The molecule has 3 atom stereocenters. The van der Waals surface area contributed by atoms with Crippen LogP contribution in [0.2, 0.25) is 0 Å². The number of fused-ring (bicyclic) bond motifs is 1. The quantitative estimate of drug-likeness (QED) is 0.860. The molecule has 2 fully saturated rings. The third-order valence-electron chi connectivity index (χ3n) is 4.97. The number of piperidine rings is 1. The second-order valence-electron chi connectivity index (χ2n) is 6.62. The molecule has 4 rings (SSSR count). The molecule has 2 aromatic rings. The van der Waals surface area contributed by atoms with E-state index in [-0.39, 0.29) is 18.1 Å². The first-order valence-corrected chi connectivity index (χ1v) is 9.37. The second-order valence-corrected chi connectivity index (χ2v) is 7.40. The Bertz CT molecular complexity index is 719. The molecule has 0 radical (unpaired) electrons. The average molecular weight is 343 g/mol. The van der Waals surface area contributed by atoms with Gasteiger partial charge >= 0.3 is 0 Å². The molecule has 2 aromatic heterocycles. The van der Waals surface area contributed by atoms with Gasteiger partial charge in [-0.05, 0) is 54.1 Å². The highest BCUT2D eigenvalue weighted by atomic mass is 32.1. The highest BCUT2D eigenvalue weighted by Crippen LogP contribution is 2.40. The smallest absolute Gasteiger partial charge is 0.227 e. The first-order chi connectivity index (χ1) is 11.7. The van der Waals surface area contributed by atoms with Crippen LogP contribution in [0.5, 0.6) is 0 Å². The zero-order chi connectivity index (χ0) is 16.5. The molecule has 5 nitrogen and oxygen atoms in total. The summed E-state index contributed by atoms with van der Waals surface area (Å²) in [5.74, 6) is 1.51. The van der Waals surface area contributed by atoms with Gasteiger partial charge in [0.1, 0.15) is 11.9 Å². The molecule has 1 amide bonds. The van der Waals surface area contributed by atoms with Crippen molar-refractivity contribution in [2.45, 2.75) is 38.4 Å². The largest absolute Gasteiger partial charge is 0.367 e. The van der Waals surface area contributed by atoms with Crippen LogP contribution in [0.15, 0.2) is 29.1 Å². The standard InChI is InChI=1S/C18H21N3O2S/c1-12-19-5-2-15(20-12)16-9-14-3-6-21(10-17(14)23-16)18(22)8-13-4-7-24-11-13/h2,4-5,7,11,14,16-17H,3,6,8-10H2,1H3/t14-,16+,17+/m0/s1. The van der Waals surface area contributed by atoms with Crippen LogP contribution in [-0.4, -0.2) is 40.0 Å². The van der Waals surface area contributed by atoms with E-state index in [1.165, 1.54) is 0 Å². The first kappa shape index (κ1) is 15.7. The minimum absolute atomic E-state index is 0.0358. The number of carbonyl (C=O) groups excluding carboxylic acids is 1. The molecule has 24 heavy (non-hydrogen) atoms. The molecule has 0 aliphatic carbocycles. The van der Waals surface area contributed by atoms with Gasteiger partial charge in [0.25, 0.3) is 0 Å². The van der Waals surface area contributed by atoms with Crippen molar-refractivity contribution < 1.29 is 9.53 Å². The monoisotopic (exact) mass is 343 g/mol. The predicted octanol–water partition coefficient (Wildman–Crippen LogP) is 2.77. The molecule has 126 valence electrons. The topological polar surface area (TPSA) is 55.3 Å². The SMILES string of the molecule is Cc1nccc([C@H]2C[C@@H]3CCN(C(=O)Cc4ccsc4)C[C@H]3O2)n1. The third kappa shape index (κ3) is 3.21. The number of thiophene rings is 1. The summed E-state index contributed by atoms with van der Waals surface area (Å²) < 4.78 is 6.24. The van der Waals surface area contributed by atoms with Gasteiger partial charge in [-0.1, -0.05) is 0 Å². The Morgan fingerprint density at radius 3 is 3.17 bits per heavy atom. The maximum atomic E-state index is 12.5. The van der Waals surface area contributed by atoms with E-state index in [0.29, 0.717) is 18.9 Å². The van der Waals surface area contributed by atoms with E-state index in [9.17, 15) is 4.79 Å². The minimum atomic E-state index is 0.0358. The van der Waals surface area contributed by atoms with Crippen LogP contribution < -0.4 is 0 Å². The zero-order valence-electron chi connectivity index (χ0n) is 13.7. The summed E-state index contributed by atoms with van der Waals surface area (Å²) in [6.45, 7) is 3.44. The lowest BCUT2D eigenvalue weighted by Crippen LogP contribution is -2.45. The number of hydrogen-bond donors (Lipinski definition) is 0. The number of hydrogen-bond acceptors (Lipinski definition) is 5. The Hall–Kier alpha value is -1.79. The van der Waals surface area contributed by atoms with Gasteiger partial charge in [-0.2, -0.15) is 11.3 Å². The van der Waals surface area contributed by atoms with Crippen molar-refractivity contribution in [3.05, 3.63) is 46.2 Å². The maximum Gasteiger partial charge on any atom is 0.227 e.